The number of benzene rings is 2. The van der Waals surface area contributed by atoms with Crippen LogP contribution >= 0.6 is 0 Å². The van der Waals surface area contributed by atoms with Crippen LogP contribution in [0.2, 0.25) is 0 Å². The van der Waals surface area contributed by atoms with Crippen LogP contribution in [0.15, 0.2) is 54.1 Å². The summed E-state index contributed by atoms with van der Waals surface area (Å²) in [6.45, 7) is 8.55. The van der Waals surface area contributed by atoms with Gasteiger partial charge in [0.05, 0.1) is 0 Å². The van der Waals surface area contributed by atoms with Gasteiger partial charge in [-0.05, 0) is 86.6 Å². The molecule has 352 valence electrons. The lowest BCUT2D eigenvalue weighted by molar-refractivity contribution is -0.138. The van der Waals surface area contributed by atoms with Crippen molar-refractivity contribution < 1.29 is 24.6 Å². The third-order valence-electron chi connectivity index (χ3n) is 12.1. The highest BCUT2D eigenvalue weighted by Crippen LogP contribution is 2.23. The molecular formula is C54H86N4O5. The Kier molecular flexibility index (Phi) is 32.3. The smallest absolute Gasteiger partial charge is 0.303 e. The van der Waals surface area contributed by atoms with E-state index < -0.39 is 17.8 Å². The molecule has 2 aromatic carbocycles. The van der Waals surface area contributed by atoms with Crippen molar-refractivity contribution >= 4 is 41.0 Å². The van der Waals surface area contributed by atoms with Crippen molar-refractivity contribution in [3.05, 3.63) is 59.7 Å². The van der Waals surface area contributed by atoms with Crippen molar-refractivity contribution in [2.24, 2.45) is 0 Å². The molecule has 0 bridgehead atoms. The maximum atomic E-state index is 13.4. The first-order chi connectivity index (χ1) is 30.8. The molecule has 0 aromatic heterocycles. The fourth-order valence-corrected chi connectivity index (χ4v) is 8.24. The molecule has 1 amide bonds. The van der Waals surface area contributed by atoms with E-state index in [2.05, 4.69) is 59.3 Å². The van der Waals surface area contributed by atoms with E-state index in [0.29, 0.717) is 5.69 Å². The minimum absolute atomic E-state index is 0.0741. The first kappa shape index (κ1) is 54.8. The fraction of sp³-hybridized carbons (Fsp3) is 0.667. The number of hydrogen-bond acceptors (Lipinski definition) is 6. The minimum atomic E-state index is -0.708. The number of aliphatic carboxylic acids is 2. The zero-order valence-electron chi connectivity index (χ0n) is 39.7. The molecule has 0 atom stereocenters. The van der Waals surface area contributed by atoms with E-state index >= 15 is 0 Å². The van der Waals surface area contributed by atoms with Crippen LogP contribution in [0, 0.1) is 11.3 Å². The van der Waals surface area contributed by atoms with Crippen molar-refractivity contribution in [1.29, 1.82) is 5.26 Å². The molecule has 2 rings (SSSR count). The monoisotopic (exact) mass is 871 g/mol. The average molecular weight is 871 g/mol. The number of unbranched alkanes of at least 4 members (excludes halogenated alkanes) is 24. The molecule has 0 spiro atoms. The lowest BCUT2D eigenvalue weighted by Crippen LogP contribution is -2.25. The van der Waals surface area contributed by atoms with Gasteiger partial charge in [-0.1, -0.05) is 167 Å². The molecule has 0 unspecified atom stereocenters. The van der Waals surface area contributed by atoms with Crippen molar-refractivity contribution in [2.45, 2.75) is 206 Å². The Morgan fingerprint density at radius 2 is 0.810 bits per heavy atom. The number of carbonyl (C=O) groups excluding carboxylic acids is 1. The van der Waals surface area contributed by atoms with Gasteiger partial charge in [0.1, 0.15) is 11.6 Å². The molecule has 0 heterocycles. The predicted molar refractivity (Wildman–Crippen MR) is 265 cm³/mol. The molecule has 2 aromatic rings. The maximum absolute atomic E-state index is 13.4. The Hall–Kier alpha value is -4.32. The summed E-state index contributed by atoms with van der Waals surface area (Å²) < 4.78 is 0. The first-order valence-corrected chi connectivity index (χ1v) is 25.3. The SMILES string of the molecule is CCCCCCCCN(CCCCCCCC)c1ccc(/C=C(\C#N)C(=O)Nc2ccc(N(CCCCCCCCCCC(=O)O)CCCCCCCCCCC(=O)O)cc2)cc1. The molecule has 9 heteroatoms. The number of hydrogen-bond donors (Lipinski definition) is 3. The quantitative estimate of drug-likeness (QED) is 0.0342. The zero-order valence-corrected chi connectivity index (χ0v) is 39.7. The number of carboxylic acid groups (broad SMARTS) is 2. The number of nitriles is 1. The number of carbonyl (C=O) groups is 3. The van der Waals surface area contributed by atoms with Crippen LogP contribution in [0.5, 0.6) is 0 Å². The molecule has 0 aliphatic heterocycles. The summed E-state index contributed by atoms with van der Waals surface area (Å²) in [4.78, 5) is 39.8. The van der Waals surface area contributed by atoms with Crippen LogP contribution in [0.4, 0.5) is 17.1 Å². The van der Waals surface area contributed by atoms with Crippen molar-refractivity contribution in [3.63, 3.8) is 0 Å². The van der Waals surface area contributed by atoms with Crippen LogP contribution in [0.3, 0.4) is 0 Å². The van der Waals surface area contributed by atoms with E-state index in [4.69, 9.17) is 10.2 Å². The van der Waals surface area contributed by atoms with Gasteiger partial charge in [-0.15, -0.1) is 0 Å². The molecule has 0 saturated heterocycles. The lowest BCUT2D eigenvalue weighted by Gasteiger charge is -2.25. The van der Waals surface area contributed by atoms with Gasteiger partial charge in [0.15, 0.2) is 0 Å². The maximum Gasteiger partial charge on any atom is 0.303 e. The number of anilines is 3. The van der Waals surface area contributed by atoms with Crippen LogP contribution in [0.1, 0.15) is 212 Å². The highest BCUT2D eigenvalue weighted by atomic mass is 16.4. The topological polar surface area (TPSA) is 134 Å². The van der Waals surface area contributed by atoms with Crippen LogP contribution in [-0.2, 0) is 14.4 Å². The number of amides is 1. The molecule has 0 aliphatic carbocycles. The minimum Gasteiger partial charge on any atom is -0.481 e. The Labute approximate surface area is 383 Å². The van der Waals surface area contributed by atoms with E-state index in [1.807, 2.05) is 24.3 Å². The fourth-order valence-electron chi connectivity index (χ4n) is 8.24. The second-order valence-corrected chi connectivity index (χ2v) is 17.7. The van der Waals surface area contributed by atoms with E-state index in [0.717, 1.165) is 114 Å². The van der Waals surface area contributed by atoms with Crippen molar-refractivity contribution in [1.82, 2.24) is 0 Å². The van der Waals surface area contributed by atoms with Crippen molar-refractivity contribution in [2.75, 3.05) is 41.3 Å². The normalized spacial score (nSPS) is 11.3. The predicted octanol–water partition coefficient (Wildman–Crippen LogP) is 14.8. The molecule has 0 fully saturated rings. The van der Waals surface area contributed by atoms with Gasteiger partial charge in [-0.3, -0.25) is 14.4 Å². The summed E-state index contributed by atoms with van der Waals surface area (Å²) in [5.41, 5.74) is 3.90. The first-order valence-electron chi connectivity index (χ1n) is 25.3. The van der Waals surface area contributed by atoms with Crippen LogP contribution < -0.4 is 15.1 Å². The van der Waals surface area contributed by atoms with E-state index in [9.17, 15) is 19.6 Å². The van der Waals surface area contributed by atoms with Gasteiger partial charge in [0.2, 0.25) is 0 Å². The Balaban J connectivity index is 1.98. The molecule has 63 heavy (non-hydrogen) atoms. The van der Waals surface area contributed by atoms with Crippen molar-refractivity contribution in [3.8, 4) is 6.07 Å². The van der Waals surface area contributed by atoms with E-state index in [-0.39, 0.29) is 18.4 Å². The lowest BCUT2D eigenvalue weighted by atomic mass is 10.1. The number of nitrogens with zero attached hydrogens (tertiary/aromatic N) is 3. The van der Waals surface area contributed by atoms with Gasteiger partial charge in [0, 0.05) is 56.1 Å². The van der Waals surface area contributed by atoms with Crippen LogP contribution in [-0.4, -0.2) is 54.2 Å². The summed E-state index contributed by atoms with van der Waals surface area (Å²) in [6.07, 6.45) is 34.8. The summed E-state index contributed by atoms with van der Waals surface area (Å²) in [7, 11) is 0. The molecular weight excluding hydrogens is 785 g/mol. The third kappa shape index (κ3) is 28.2. The highest BCUT2D eigenvalue weighted by Gasteiger charge is 2.13. The summed E-state index contributed by atoms with van der Waals surface area (Å²) in [5.74, 6) is -1.83. The molecule has 0 aliphatic rings. The average Bonchev–Trinajstić information content (AvgIpc) is 3.28. The number of carboxylic acids is 2. The summed E-state index contributed by atoms with van der Waals surface area (Å²) in [6, 6.07) is 18.5. The molecule has 9 nitrogen and oxygen atoms in total. The largest absolute Gasteiger partial charge is 0.481 e. The van der Waals surface area contributed by atoms with Gasteiger partial charge < -0.3 is 25.3 Å². The van der Waals surface area contributed by atoms with E-state index in [1.54, 1.807) is 6.08 Å². The Morgan fingerprint density at radius 1 is 0.492 bits per heavy atom. The summed E-state index contributed by atoms with van der Waals surface area (Å²) >= 11 is 0. The second kappa shape index (κ2) is 37.1. The summed E-state index contributed by atoms with van der Waals surface area (Å²) in [5, 5.41) is 30.7. The van der Waals surface area contributed by atoms with Gasteiger partial charge >= 0.3 is 11.9 Å². The third-order valence-corrected chi connectivity index (χ3v) is 12.1. The molecule has 0 radical (unpaired) electrons. The van der Waals surface area contributed by atoms with Gasteiger partial charge in [-0.2, -0.15) is 5.26 Å². The molecule has 3 N–H and O–H groups in total. The number of nitrogens with one attached hydrogen (secondary N) is 1. The second-order valence-electron chi connectivity index (χ2n) is 17.7. The molecule has 0 saturated carbocycles. The Morgan fingerprint density at radius 3 is 1.14 bits per heavy atom. The standard InChI is InChI=1S/C54H86N4O5/c1-3-5-7-9-21-27-41-57(42-28-22-10-8-6-4-2)50-37-33-47(34-38-50)45-48(46-55)54(63)56-49-35-39-51(40-36-49)58(43-29-23-17-13-11-15-19-25-31-52(59)60)44-30-24-18-14-12-16-20-26-32-53(61)62/h33-40,45H,3-32,41-44H2,1-2H3,(H,56,63)(H,59,60)(H,61,62)/b48-45+. The number of rotatable bonds is 41. The Bertz CT molecular complexity index is 1500. The van der Waals surface area contributed by atoms with Gasteiger partial charge in [0.25, 0.3) is 5.91 Å². The van der Waals surface area contributed by atoms with E-state index in [1.165, 1.54) is 108 Å². The highest BCUT2D eigenvalue weighted by molar-refractivity contribution is 6.09. The van der Waals surface area contributed by atoms with Crippen LogP contribution in [0.25, 0.3) is 6.08 Å². The van der Waals surface area contributed by atoms with Gasteiger partial charge in [-0.25, -0.2) is 0 Å². The zero-order chi connectivity index (χ0) is 45.6.